The maximum atomic E-state index is 14.1. The number of anilines is 1. The van der Waals surface area contributed by atoms with Crippen molar-refractivity contribution in [2.75, 3.05) is 18.4 Å². The highest BCUT2D eigenvalue weighted by Crippen LogP contribution is 2.29. The lowest BCUT2D eigenvalue weighted by Crippen LogP contribution is -2.36. The minimum Gasteiger partial charge on any atom is -0.491 e. The molecule has 3 aromatic rings. The normalized spacial score (nSPS) is 14.1. The molecule has 2 aromatic carbocycles. The molecule has 4 rings (SSSR count). The maximum absolute atomic E-state index is 14.1. The van der Waals surface area contributed by atoms with Gasteiger partial charge in [0, 0.05) is 31.2 Å². The fourth-order valence-electron chi connectivity index (χ4n) is 3.93. The van der Waals surface area contributed by atoms with Gasteiger partial charge < -0.3 is 15.0 Å². The fraction of sp³-hybridized carbons (Fsp3) is 0.360. The standard InChI is InChI=1S/C25H28FN3O2/c1-17(2)31-20-9-6-18(7-10-20)15-28-24-21-14-19(26)8-11-23(21)27-16-22(24)25(30)29-12-4-3-5-13-29/h6-11,14,16-17H,3-5,12-13,15H2,1-2H3,(H,27,28). The zero-order valence-corrected chi connectivity index (χ0v) is 18.0. The van der Waals surface area contributed by atoms with E-state index >= 15 is 0 Å². The third-order valence-electron chi connectivity index (χ3n) is 5.47. The highest BCUT2D eigenvalue weighted by Gasteiger charge is 2.23. The number of pyridine rings is 1. The summed E-state index contributed by atoms with van der Waals surface area (Å²) in [5.41, 5.74) is 2.80. The highest BCUT2D eigenvalue weighted by atomic mass is 19.1. The van der Waals surface area contributed by atoms with Crippen molar-refractivity contribution in [2.45, 2.75) is 45.8 Å². The Hall–Kier alpha value is -3.15. The number of hydrogen-bond acceptors (Lipinski definition) is 4. The Morgan fingerprint density at radius 2 is 1.87 bits per heavy atom. The van der Waals surface area contributed by atoms with E-state index < -0.39 is 0 Å². The van der Waals surface area contributed by atoms with Crippen molar-refractivity contribution in [2.24, 2.45) is 0 Å². The Morgan fingerprint density at radius 1 is 1.13 bits per heavy atom. The number of carbonyl (C=O) groups is 1. The topological polar surface area (TPSA) is 54.5 Å². The van der Waals surface area contributed by atoms with Gasteiger partial charge in [0.2, 0.25) is 0 Å². The van der Waals surface area contributed by atoms with E-state index in [-0.39, 0.29) is 17.8 Å². The molecule has 6 heteroatoms. The summed E-state index contributed by atoms with van der Waals surface area (Å²) in [6.07, 6.45) is 4.89. The van der Waals surface area contributed by atoms with Crippen molar-refractivity contribution in [3.8, 4) is 5.75 Å². The minimum atomic E-state index is -0.352. The van der Waals surface area contributed by atoms with Crippen LogP contribution in [0, 0.1) is 5.82 Å². The van der Waals surface area contributed by atoms with E-state index in [1.807, 2.05) is 43.0 Å². The number of fused-ring (bicyclic) bond motifs is 1. The Morgan fingerprint density at radius 3 is 2.58 bits per heavy atom. The van der Waals surface area contributed by atoms with Crippen LogP contribution in [-0.2, 0) is 6.54 Å². The Bertz CT molecular complexity index is 1060. The van der Waals surface area contributed by atoms with Gasteiger partial charge in [0.1, 0.15) is 11.6 Å². The number of rotatable bonds is 6. The first-order valence-electron chi connectivity index (χ1n) is 10.9. The van der Waals surface area contributed by atoms with Crippen molar-refractivity contribution >= 4 is 22.5 Å². The average molecular weight is 422 g/mol. The van der Waals surface area contributed by atoms with Crippen molar-refractivity contribution < 1.29 is 13.9 Å². The smallest absolute Gasteiger partial charge is 0.257 e. The maximum Gasteiger partial charge on any atom is 0.257 e. The summed E-state index contributed by atoms with van der Waals surface area (Å²) >= 11 is 0. The molecule has 0 spiro atoms. The predicted molar refractivity (Wildman–Crippen MR) is 121 cm³/mol. The van der Waals surface area contributed by atoms with Gasteiger partial charge in [0.15, 0.2) is 0 Å². The largest absolute Gasteiger partial charge is 0.491 e. The number of halogens is 1. The molecule has 31 heavy (non-hydrogen) atoms. The van der Waals surface area contributed by atoms with Gasteiger partial charge in [-0.3, -0.25) is 9.78 Å². The number of hydrogen-bond donors (Lipinski definition) is 1. The van der Waals surface area contributed by atoms with E-state index in [4.69, 9.17) is 4.74 Å². The van der Waals surface area contributed by atoms with Crippen molar-refractivity contribution in [1.29, 1.82) is 0 Å². The number of amides is 1. The van der Waals surface area contributed by atoms with Crippen LogP contribution in [0.5, 0.6) is 5.75 Å². The third-order valence-corrected chi connectivity index (χ3v) is 5.47. The molecule has 1 aliphatic heterocycles. The van der Waals surface area contributed by atoms with Crippen LogP contribution in [0.1, 0.15) is 49.0 Å². The molecule has 1 fully saturated rings. The Labute approximate surface area is 182 Å². The number of ether oxygens (including phenoxy) is 1. The van der Waals surface area contributed by atoms with Crippen LogP contribution in [0.3, 0.4) is 0 Å². The summed E-state index contributed by atoms with van der Waals surface area (Å²) in [5.74, 6) is 0.410. The number of nitrogens with zero attached hydrogens (tertiary/aromatic N) is 2. The van der Waals surface area contributed by atoms with E-state index in [0.29, 0.717) is 28.7 Å². The van der Waals surface area contributed by atoms with Gasteiger partial charge >= 0.3 is 0 Å². The number of carbonyl (C=O) groups excluding carboxylic acids is 1. The van der Waals surface area contributed by atoms with Gasteiger partial charge in [-0.25, -0.2) is 4.39 Å². The van der Waals surface area contributed by atoms with E-state index in [1.54, 1.807) is 12.3 Å². The zero-order valence-electron chi connectivity index (χ0n) is 18.0. The molecule has 0 atom stereocenters. The Balaban J connectivity index is 1.63. The van der Waals surface area contributed by atoms with Gasteiger partial charge in [0.25, 0.3) is 5.91 Å². The van der Waals surface area contributed by atoms with Gasteiger partial charge in [-0.15, -0.1) is 0 Å². The quantitative estimate of drug-likeness (QED) is 0.579. The second-order valence-electron chi connectivity index (χ2n) is 8.23. The monoisotopic (exact) mass is 421 g/mol. The number of nitrogens with one attached hydrogen (secondary N) is 1. The second kappa shape index (κ2) is 9.33. The van der Waals surface area contributed by atoms with Crippen LogP contribution in [0.2, 0.25) is 0 Å². The number of piperidine rings is 1. The van der Waals surface area contributed by atoms with Crippen LogP contribution < -0.4 is 10.1 Å². The van der Waals surface area contributed by atoms with E-state index in [0.717, 1.165) is 43.7 Å². The molecule has 5 nitrogen and oxygen atoms in total. The molecule has 0 radical (unpaired) electrons. The van der Waals surface area contributed by atoms with Gasteiger partial charge in [-0.1, -0.05) is 12.1 Å². The molecule has 1 aliphatic rings. The first kappa shape index (κ1) is 21.1. The highest BCUT2D eigenvalue weighted by molar-refractivity contribution is 6.07. The molecular formula is C25H28FN3O2. The van der Waals surface area contributed by atoms with Crippen LogP contribution in [-0.4, -0.2) is 35.0 Å². The van der Waals surface area contributed by atoms with Crippen LogP contribution in [0.15, 0.2) is 48.7 Å². The van der Waals surface area contributed by atoms with E-state index in [1.165, 1.54) is 12.1 Å². The number of likely N-dealkylation sites (tertiary alicyclic amines) is 1. The molecule has 0 bridgehead atoms. The summed E-state index contributed by atoms with van der Waals surface area (Å²) in [4.78, 5) is 19.5. The molecule has 2 heterocycles. The molecule has 0 aliphatic carbocycles. The van der Waals surface area contributed by atoms with Crippen molar-refractivity contribution in [1.82, 2.24) is 9.88 Å². The van der Waals surface area contributed by atoms with Gasteiger partial charge in [-0.2, -0.15) is 0 Å². The third kappa shape index (κ3) is 4.95. The lowest BCUT2D eigenvalue weighted by Gasteiger charge is -2.27. The summed E-state index contributed by atoms with van der Waals surface area (Å²) in [7, 11) is 0. The first-order chi connectivity index (χ1) is 15.0. The summed E-state index contributed by atoms with van der Waals surface area (Å²) in [5, 5.41) is 4.00. The van der Waals surface area contributed by atoms with E-state index in [9.17, 15) is 9.18 Å². The summed E-state index contributed by atoms with van der Waals surface area (Å²) < 4.78 is 19.8. The van der Waals surface area contributed by atoms with E-state index in [2.05, 4.69) is 10.3 Å². The molecule has 1 amide bonds. The SMILES string of the molecule is CC(C)Oc1ccc(CNc2c(C(=O)N3CCCCC3)cnc3ccc(F)cc23)cc1. The Kier molecular flexibility index (Phi) is 6.35. The van der Waals surface area contributed by atoms with Crippen LogP contribution >= 0.6 is 0 Å². The number of benzene rings is 2. The van der Waals surface area contributed by atoms with Crippen molar-refractivity contribution in [3.05, 3.63) is 65.6 Å². The molecule has 0 saturated carbocycles. The van der Waals surface area contributed by atoms with Crippen molar-refractivity contribution in [3.63, 3.8) is 0 Å². The predicted octanol–water partition coefficient (Wildman–Crippen LogP) is 5.40. The molecule has 1 aromatic heterocycles. The molecule has 162 valence electrons. The summed E-state index contributed by atoms with van der Waals surface area (Å²) in [6.45, 7) is 5.97. The van der Waals surface area contributed by atoms with Gasteiger partial charge in [-0.05, 0) is 69.0 Å². The molecule has 1 saturated heterocycles. The molecular weight excluding hydrogens is 393 g/mol. The fourth-order valence-corrected chi connectivity index (χ4v) is 3.93. The van der Waals surface area contributed by atoms with Crippen LogP contribution in [0.25, 0.3) is 10.9 Å². The van der Waals surface area contributed by atoms with Gasteiger partial charge in [0.05, 0.1) is 22.9 Å². The second-order valence-corrected chi connectivity index (χ2v) is 8.23. The zero-order chi connectivity index (χ0) is 21.8. The number of aromatic nitrogens is 1. The summed E-state index contributed by atoms with van der Waals surface area (Å²) in [6, 6.07) is 12.3. The van der Waals surface area contributed by atoms with Crippen LogP contribution in [0.4, 0.5) is 10.1 Å². The lowest BCUT2D eigenvalue weighted by atomic mass is 10.1. The lowest BCUT2D eigenvalue weighted by molar-refractivity contribution is 0.0725. The molecule has 1 N–H and O–H groups in total. The average Bonchev–Trinajstić information content (AvgIpc) is 2.78. The minimum absolute atomic E-state index is 0.0541. The first-order valence-corrected chi connectivity index (χ1v) is 10.9. The molecule has 0 unspecified atom stereocenters.